The van der Waals surface area contributed by atoms with Crippen molar-refractivity contribution in [2.75, 3.05) is 26.2 Å². The van der Waals surface area contributed by atoms with E-state index in [9.17, 15) is 9.18 Å². The van der Waals surface area contributed by atoms with Crippen LogP contribution in [0.15, 0.2) is 22.7 Å². The topological polar surface area (TPSA) is 32.3 Å². The van der Waals surface area contributed by atoms with Crippen molar-refractivity contribution < 1.29 is 9.18 Å². The first-order valence-corrected chi connectivity index (χ1v) is 7.33. The Morgan fingerprint density at radius 2 is 2.15 bits per heavy atom. The first kappa shape index (κ1) is 15.7. The number of nitrogens with one attached hydrogen (secondary N) is 1. The van der Waals surface area contributed by atoms with Crippen LogP contribution in [-0.2, 0) is 0 Å². The highest BCUT2D eigenvalue weighted by molar-refractivity contribution is 9.10. The number of halogens is 3. The third-order valence-corrected chi connectivity index (χ3v) is 4.62. The van der Waals surface area contributed by atoms with E-state index in [1.165, 1.54) is 12.1 Å². The fraction of sp³-hybridized carbons (Fsp3) is 0.500. The molecule has 2 aliphatic heterocycles. The predicted molar refractivity (Wildman–Crippen MR) is 81.8 cm³/mol. The summed E-state index contributed by atoms with van der Waals surface area (Å²) in [5, 5.41) is 3.37. The van der Waals surface area contributed by atoms with Crippen LogP contribution in [-0.4, -0.2) is 37.0 Å². The van der Waals surface area contributed by atoms with Crippen LogP contribution in [0.4, 0.5) is 4.39 Å². The largest absolute Gasteiger partial charge is 0.338 e. The minimum atomic E-state index is -0.380. The molecule has 0 aliphatic carbocycles. The fourth-order valence-corrected chi connectivity index (χ4v) is 3.58. The molecule has 0 saturated carbocycles. The highest BCUT2D eigenvalue weighted by Gasteiger charge is 2.41. The SMILES string of the molecule is Cl.O=C(c1cc(F)cc(Br)c1)N1CCC2(CCNC2)C1. The molecule has 6 heteroatoms. The van der Waals surface area contributed by atoms with Crippen molar-refractivity contribution in [3.8, 4) is 0 Å². The molecule has 2 saturated heterocycles. The Hall–Kier alpha value is -0.650. The highest BCUT2D eigenvalue weighted by Crippen LogP contribution is 2.36. The molecule has 2 heterocycles. The van der Waals surface area contributed by atoms with E-state index in [1.54, 1.807) is 6.07 Å². The van der Waals surface area contributed by atoms with Crippen LogP contribution < -0.4 is 5.32 Å². The molecule has 2 aliphatic rings. The lowest BCUT2D eigenvalue weighted by Gasteiger charge is -2.22. The van der Waals surface area contributed by atoms with Gasteiger partial charge in [0.25, 0.3) is 5.91 Å². The first-order chi connectivity index (χ1) is 9.08. The number of rotatable bonds is 1. The Kier molecular flexibility index (Phi) is 4.72. The molecule has 0 radical (unpaired) electrons. The van der Waals surface area contributed by atoms with Gasteiger partial charge in [0, 0.05) is 35.1 Å². The average Bonchev–Trinajstić information content (AvgIpc) is 2.98. The lowest BCUT2D eigenvalue weighted by Crippen LogP contribution is -2.33. The van der Waals surface area contributed by atoms with Crippen molar-refractivity contribution in [3.63, 3.8) is 0 Å². The normalized spacial score (nSPS) is 25.0. The van der Waals surface area contributed by atoms with Gasteiger partial charge in [-0.1, -0.05) is 15.9 Å². The predicted octanol–water partition coefficient (Wildman–Crippen LogP) is 2.84. The molecule has 1 atom stereocenters. The first-order valence-electron chi connectivity index (χ1n) is 6.54. The minimum absolute atomic E-state index is 0. The van der Waals surface area contributed by atoms with E-state index in [0.29, 0.717) is 10.0 Å². The standard InChI is InChI=1S/C14H16BrFN2O.ClH/c15-11-5-10(6-12(16)7-11)13(19)18-4-2-14(9-18)1-3-17-8-14;/h5-7,17H,1-4,8-9H2;1H. The van der Waals surface area contributed by atoms with Crippen LogP contribution in [0.25, 0.3) is 0 Å². The highest BCUT2D eigenvalue weighted by atomic mass is 79.9. The van der Waals surface area contributed by atoms with Gasteiger partial charge in [-0.05, 0) is 37.6 Å². The summed E-state index contributed by atoms with van der Waals surface area (Å²) in [4.78, 5) is 14.3. The monoisotopic (exact) mass is 362 g/mol. The van der Waals surface area contributed by atoms with Gasteiger partial charge in [0.15, 0.2) is 0 Å². The van der Waals surface area contributed by atoms with Gasteiger partial charge >= 0.3 is 0 Å². The van der Waals surface area contributed by atoms with Crippen LogP contribution >= 0.6 is 28.3 Å². The molecule has 3 nitrogen and oxygen atoms in total. The Balaban J connectivity index is 0.00000147. The van der Waals surface area contributed by atoms with E-state index >= 15 is 0 Å². The van der Waals surface area contributed by atoms with Crippen LogP contribution in [0.2, 0.25) is 0 Å². The van der Waals surface area contributed by atoms with Crippen molar-refractivity contribution in [2.45, 2.75) is 12.8 Å². The van der Waals surface area contributed by atoms with Gasteiger partial charge in [-0.3, -0.25) is 4.79 Å². The van der Waals surface area contributed by atoms with Crippen LogP contribution in [0.1, 0.15) is 23.2 Å². The van der Waals surface area contributed by atoms with Gasteiger partial charge in [0.2, 0.25) is 0 Å². The maximum Gasteiger partial charge on any atom is 0.254 e. The third-order valence-electron chi connectivity index (χ3n) is 4.17. The van der Waals surface area contributed by atoms with E-state index in [2.05, 4.69) is 21.2 Å². The molecule has 110 valence electrons. The molecular weight excluding hydrogens is 347 g/mol. The smallest absolute Gasteiger partial charge is 0.254 e. The Morgan fingerprint density at radius 3 is 2.80 bits per heavy atom. The number of benzene rings is 1. The zero-order chi connectivity index (χ0) is 13.5. The summed E-state index contributed by atoms with van der Waals surface area (Å²) < 4.78 is 14.0. The van der Waals surface area contributed by atoms with Crippen molar-refractivity contribution in [1.29, 1.82) is 0 Å². The summed E-state index contributed by atoms with van der Waals surface area (Å²) in [6.45, 7) is 3.58. The molecular formula is C14H17BrClFN2O. The number of carbonyl (C=O) groups is 1. The second-order valence-corrected chi connectivity index (χ2v) is 6.48. The minimum Gasteiger partial charge on any atom is -0.338 e. The van der Waals surface area contributed by atoms with Crippen molar-refractivity contribution >= 4 is 34.2 Å². The van der Waals surface area contributed by atoms with Gasteiger partial charge in [-0.15, -0.1) is 12.4 Å². The molecule has 1 aromatic rings. The second-order valence-electron chi connectivity index (χ2n) is 5.56. The molecule has 1 N–H and O–H groups in total. The summed E-state index contributed by atoms with van der Waals surface area (Å²) in [6, 6.07) is 4.36. The molecule has 1 unspecified atom stereocenters. The molecule has 0 aromatic heterocycles. The maximum atomic E-state index is 13.4. The average molecular weight is 364 g/mol. The maximum absolute atomic E-state index is 13.4. The second kappa shape index (κ2) is 6.00. The molecule has 1 aromatic carbocycles. The summed E-state index contributed by atoms with van der Waals surface area (Å²) in [6.07, 6.45) is 2.17. The van der Waals surface area contributed by atoms with Crippen molar-refractivity contribution in [3.05, 3.63) is 34.1 Å². The summed E-state index contributed by atoms with van der Waals surface area (Å²) in [7, 11) is 0. The Morgan fingerprint density at radius 1 is 1.35 bits per heavy atom. The van der Waals surface area contributed by atoms with E-state index < -0.39 is 0 Å². The molecule has 2 fully saturated rings. The number of nitrogens with zero attached hydrogens (tertiary/aromatic N) is 1. The Labute approximate surface area is 132 Å². The zero-order valence-corrected chi connectivity index (χ0v) is 13.4. The number of carbonyl (C=O) groups excluding carboxylic acids is 1. The number of likely N-dealkylation sites (tertiary alicyclic amines) is 1. The van der Waals surface area contributed by atoms with E-state index in [1.807, 2.05) is 4.90 Å². The quantitative estimate of drug-likeness (QED) is 0.832. The van der Waals surface area contributed by atoms with Gasteiger partial charge in [0.1, 0.15) is 5.82 Å². The van der Waals surface area contributed by atoms with E-state index in [-0.39, 0.29) is 29.5 Å². The van der Waals surface area contributed by atoms with E-state index in [0.717, 1.165) is 39.0 Å². The zero-order valence-electron chi connectivity index (χ0n) is 11.0. The third kappa shape index (κ3) is 3.00. The summed E-state index contributed by atoms with van der Waals surface area (Å²) >= 11 is 3.23. The summed E-state index contributed by atoms with van der Waals surface area (Å²) in [5.41, 5.74) is 0.676. The summed E-state index contributed by atoms with van der Waals surface area (Å²) in [5.74, 6) is -0.446. The number of hydrogen-bond acceptors (Lipinski definition) is 2. The molecule has 1 amide bonds. The Bertz CT molecular complexity index is 500. The van der Waals surface area contributed by atoms with Gasteiger partial charge in [-0.25, -0.2) is 4.39 Å². The van der Waals surface area contributed by atoms with Gasteiger partial charge in [-0.2, -0.15) is 0 Å². The van der Waals surface area contributed by atoms with Gasteiger partial charge in [0.05, 0.1) is 0 Å². The van der Waals surface area contributed by atoms with Crippen LogP contribution in [0.5, 0.6) is 0 Å². The lowest BCUT2D eigenvalue weighted by molar-refractivity contribution is 0.0775. The lowest BCUT2D eigenvalue weighted by atomic mass is 9.86. The fourth-order valence-electron chi connectivity index (χ4n) is 3.11. The molecule has 3 rings (SSSR count). The van der Waals surface area contributed by atoms with Gasteiger partial charge < -0.3 is 10.2 Å². The van der Waals surface area contributed by atoms with E-state index in [4.69, 9.17) is 0 Å². The van der Waals surface area contributed by atoms with Crippen molar-refractivity contribution in [2.24, 2.45) is 5.41 Å². The number of hydrogen-bond donors (Lipinski definition) is 1. The van der Waals surface area contributed by atoms with Crippen LogP contribution in [0.3, 0.4) is 0 Å². The number of amides is 1. The van der Waals surface area contributed by atoms with Crippen LogP contribution in [0, 0.1) is 11.2 Å². The molecule has 1 spiro atoms. The van der Waals surface area contributed by atoms with Crippen molar-refractivity contribution in [1.82, 2.24) is 10.2 Å². The molecule has 20 heavy (non-hydrogen) atoms. The molecule has 0 bridgehead atoms.